The molecular weight excluding hydrogens is 960 g/mol. The number of aromatic nitrogens is 6. The van der Waals surface area contributed by atoms with E-state index >= 15 is 0 Å². The van der Waals surface area contributed by atoms with Gasteiger partial charge in [0.2, 0.25) is 0 Å². The van der Waals surface area contributed by atoms with Crippen LogP contribution < -0.4 is 0 Å². The summed E-state index contributed by atoms with van der Waals surface area (Å²) in [6, 6.07) is 6.16. The van der Waals surface area contributed by atoms with Crippen LogP contribution in [0.3, 0.4) is 0 Å². The second-order valence-corrected chi connectivity index (χ2v) is 22.3. The van der Waals surface area contributed by atoms with Gasteiger partial charge in [-0.05, 0) is 105 Å². The molecule has 21 heteroatoms. The van der Waals surface area contributed by atoms with Gasteiger partial charge in [0.05, 0.1) is 52.9 Å². The van der Waals surface area contributed by atoms with E-state index in [0.717, 1.165) is 11.3 Å². The zero-order valence-corrected chi connectivity index (χ0v) is 46.2. The Balaban J connectivity index is 1.23. The van der Waals surface area contributed by atoms with Gasteiger partial charge in [0, 0.05) is 70.8 Å². The summed E-state index contributed by atoms with van der Waals surface area (Å²) in [5.41, 5.74) is -2.14. The van der Waals surface area contributed by atoms with Crippen molar-refractivity contribution < 1.29 is 62.8 Å². The maximum atomic E-state index is 14.9. The van der Waals surface area contributed by atoms with Crippen LogP contribution in [0.2, 0.25) is 0 Å². The van der Waals surface area contributed by atoms with Crippen LogP contribution in [0.1, 0.15) is 125 Å². The number of hydrogen-bond donors (Lipinski definition) is 4. The van der Waals surface area contributed by atoms with Crippen molar-refractivity contribution >= 4 is 5.97 Å². The average Bonchev–Trinajstić information content (AvgIpc) is 4.08. The maximum Gasteiger partial charge on any atom is 0.311 e. The molecule has 0 saturated carbocycles. The first-order chi connectivity index (χ1) is 34.9. The van der Waals surface area contributed by atoms with Gasteiger partial charge in [-0.25, -0.2) is 18.7 Å². The second-order valence-electron chi connectivity index (χ2n) is 22.3. The number of rotatable bonds is 16. The summed E-state index contributed by atoms with van der Waals surface area (Å²) in [6.45, 7) is 18.2. The Bertz CT molecular complexity index is 2190. The number of likely N-dealkylation sites (N-methyl/N-ethyl adjacent to an activating group) is 2. The van der Waals surface area contributed by atoms with E-state index in [1.54, 1.807) is 58.9 Å². The fraction of sp³-hybridized carbons (Fsp3) is 0.792. The smallest absolute Gasteiger partial charge is 0.311 e. The molecule has 0 aliphatic carbocycles. The summed E-state index contributed by atoms with van der Waals surface area (Å²) in [6.07, 6.45) is -1.57. The summed E-state index contributed by atoms with van der Waals surface area (Å²) in [7, 11) is 6.95. The van der Waals surface area contributed by atoms with E-state index in [9.17, 15) is 29.6 Å². The summed E-state index contributed by atoms with van der Waals surface area (Å²) in [4.78, 5) is 22.7. The molecule has 19 atom stereocenters. The fourth-order valence-corrected chi connectivity index (χ4v) is 11.6. The Labute approximate surface area is 437 Å². The first-order valence-corrected chi connectivity index (χ1v) is 26.4. The number of alkyl halides is 1. The lowest BCUT2D eigenvalue weighted by Gasteiger charge is -2.48. The van der Waals surface area contributed by atoms with Gasteiger partial charge in [0.1, 0.15) is 55.4 Å². The first-order valence-electron chi connectivity index (χ1n) is 26.4. The molecule has 3 aliphatic rings. The zero-order chi connectivity index (χ0) is 54.4. The van der Waals surface area contributed by atoms with E-state index in [-0.39, 0.29) is 37.3 Å². The van der Waals surface area contributed by atoms with Crippen molar-refractivity contribution in [3.8, 4) is 5.69 Å². The van der Waals surface area contributed by atoms with E-state index in [0.29, 0.717) is 38.0 Å². The molecule has 4 N–H and O–H groups in total. The number of benzene rings is 1. The molecule has 3 aromatic rings. The molecule has 74 heavy (non-hydrogen) atoms. The Hall–Kier alpha value is -3.58. The van der Waals surface area contributed by atoms with E-state index in [4.69, 9.17) is 33.2 Å². The number of nitrogens with zero attached hydrogens (tertiary/aromatic N) is 8. The second kappa shape index (κ2) is 25.3. The number of methoxy groups -OCH3 is 2. The molecule has 0 spiro atoms. The molecule has 1 aromatic carbocycles. The molecule has 3 fully saturated rings. The number of carbonyl (C=O) groups is 1. The molecule has 0 amide bonds. The van der Waals surface area contributed by atoms with Crippen LogP contribution in [0.4, 0.5) is 4.39 Å². The van der Waals surface area contributed by atoms with E-state index in [2.05, 4.69) is 25.3 Å². The Morgan fingerprint density at radius 3 is 2.28 bits per heavy atom. The lowest BCUT2D eigenvalue weighted by atomic mass is 9.77. The normalized spacial score (nSPS) is 38.2. The first kappa shape index (κ1) is 59.7. The highest BCUT2D eigenvalue weighted by Crippen LogP contribution is 2.40. The quantitative estimate of drug-likeness (QED) is 0.144. The minimum absolute atomic E-state index is 0.0197. The molecular formula is C53H87FN8O12. The minimum Gasteiger partial charge on any atom is -0.459 e. The molecule has 1 unspecified atom stereocenters. The van der Waals surface area contributed by atoms with Crippen LogP contribution in [0, 0.1) is 17.8 Å². The van der Waals surface area contributed by atoms with Crippen molar-refractivity contribution in [3.05, 3.63) is 54.4 Å². The van der Waals surface area contributed by atoms with Crippen molar-refractivity contribution in [3.63, 3.8) is 0 Å². The van der Waals surface area contributed by atoms with Crippen LogP contribution in [-0.4, -0.2) is 198 Å². The van der Waals surface area contributed by atoms with Gasteiger partial charge in [-0.3, -0.25) is 4.79 Å². The van der Waals surface area contributed by atoms with Gasteiger partial charge in [-0.15, -0.1) is 5.10 Å². The molecule has 0 radical (unpaired) electrons. The standard InChI is InChI=1S/C53H87FN8O12/c1-15-42-53(10,67)47(63)35(6)60(12)27-31(2)24-51(8,66)49(33(4)45(34(5)50(65)72-42)73-44-25-52(9,69-14)48(64)36(7)71-44)74-43-23-40(22-32(3)70-43)59(11)21-20-38-28-61(58-57-38)41(26-54)46(68-13)37-16-18-39(19-17-37)62-30-55-29-56-62/h16-19,28-36,40-49,63-64,66-67H,15,20-27H2,1-14H3/t31-,32-,33+,34-,35-,36+,40+,41-,42-,43+,44+,45+,46?,47-,48+,49-,51-,52-,53-/m1/s1. The fourth-order valence-electron chi connectivity index (χ4n) is 11.6. The Morgan fingerprint density at radius 1 is 0.959 bits per heavy atom. The number of esters is 1. The third-order valence-electron chi connectivity index (χ3n) is 16.3. The summed E-state index contributed by atoms with van der Waals surface area (Å²) >= 11 is 0. The van der Waals surface area contributed by atoms with Gasteiger partial charge >= 0.3 is 5.97 Å². The lowest BCUT2D eigenvalue weighted by Crippen LogP contribution is -2.59. The number of cyclic esters (lactones) is 1. The Morgan fingerprint density at radius 2 is 1.66 bits per heavy atom. The lowest BCUT2D eigenvalue weighted by molar-refractivity contribution is -0.308. The molecule has 5 heterocycles. The molecule has 2 aromatic heterocycles. The highest BCUT2D eigenvalue weighted by molar-refractivity contribution is 5.73. The van der Waals surface area contributed by atoms with Gasteiger partial charge in [-0.1, -0.05) is 38.1 Å². The molecule has 20 nitrogen and oxygen atoms in total. The number of halogens is 1. The number of aliphatic hydroxyl groups is 4. The largest absolute Gasteiger partial charge is 0.459 e. The van der Waals surface area contributed by atoms with Crippen LogP contribution >= 0.6 is 0 Å². The molecule has 6 rings (SSSR count). The van der Waals surface area contributed by atoms with Crippen molar-refractivity contribution in [2.45, 2.75) is 204 Å². The molecule has 3 aliphatic heterocycles. The van der Waals surface area contributed by atoms with Crippen LogP contribution in [0.25, 0.3) is 5.69 Å². The maximum absolute atomic E-state index is 14.9. The van der Waals surface area contributed by atoms with Crippen molar-refractivity contribution in [2.75, 3.05) is 48.1 Å². The van der Waals surface area contributed by atoms with Crippen molar-refractivity contribution in [1.82, 2.24) is 39.6 Å². The van der Waals surface area contributed by atoms with E-state index in [1.165, 1.54) is 25.0 Å². The van der Waals surface area contributed by atoms with Gasteiger partial charge < -0.3 is 63.4 Å². The molecule has 418 valence electrons. The Kier molecular flexibility index (Phi) is 20.4. The minimum atomic E-state index is -1.82. The third-order valence-corrected chi connectivity index (χ3v) is 16.3. The van der Waals surface area contributed by atoms with Gasteiger partial charge in [0.25, 0.3) is 0 Å². The summed E-state index contributed by atoms with van der Waals surface area (Å²) in [5, 5.41) is 60.5. The SMILES string of the molecule is CC[C@H]1OC(=O)[C@H](C)[C@@H](O[C@H]2C[C@@](C)(OC)[C@@H](O)[C@H](C)O2)[C@H](C)[C@@H](O[C@H]2C[C@@H](N(C)CCc3cn([C@H](CF)C(OC)c4ccc(-n5cncn5)cc4)nn3)C[C@@H](C)O2)[C@](C)(O)C[C@@H](C)CN(C)[C@H](C)[C@@H](O)[C@]1(C)O. The van der Waals surface area contributed by atoms with Crippen molar-refractivity contribution in [1.29, 1.82) is 0 Å². The number of aliphatic hydroxyl groups excluding tert-OH is 2. The summed E-state index contributed by atoms with van der Waals surface area (Å²) < 4.78 is 62.5. The molecule has 0 bridgehead atoms. The average molecular weight is 1050 g/mol. The van der Waals surface area contributed by atoms with E-state index < -0.39 is 109 Å². The highest BCUT2D eigenvalue weighted by atomic mass is 19.1. The third kappa shape index (κ3) is 13.7. The predicted molar refractivity (Wildman–Crippen MR) is 272 cm³/mol. The highest BCUT2D eigenvalue weighted by Gasteiger charge is 2.52. The van der Waals surface area contributed by atoms with Gasteiger partial charge in [-0.2, -0.15) is 5.10 Å². The monoisotopic (exact) mass is 1050 g/mol. The predicted octanol–water partition coefficient (Wildman–Crippen LogP) is 4.61. The van der Waals surface area contributed by atoms with Crippen LogP contribution in [-0.2, 0) is 44.4 Å². The number of hydrogen-bond acceptors (Lipinski definition) is 18. The molecule has 3 saturated heterocycles. The summed E-state index contributed by atoms with van der Waals surface area (Å²) in [5.74, 6) is -2.57. The van der Waals surface area contributed by atoms with Crippen LogP contribution in [0.5, 0.6) is 0 Å². The zero-order valence-electron chi connectivity index (χ0n) is 46.2. The van der Waals surface area contributed by atoms with Crippen molar-refractivity contribution in [2.24, 2.45) is 17.8 Å². The topological polar surface area (TPSA) is 230 Å². The van der Waals surface area contributed by atoms with Gasteiger partial charge in [0.15, 0.2) is 12.6 Å². The van der Waals surface area contributed by atoms with Crippen LogP contribution in [0.15, 0.2) is 43.1 Å². The number of ether oxygens (including phenoxy) is 7. The number of carbonyl (C=O) groups excluding carboxylic acids is 1. The van der Waals surface area contributed by atoms with E-state index in [1.807, 2.05) is 71.0 Å².